The lowest BCUT2D eigenvalue weighted by atomic mass is 10.1. The van der Waals surface area contributed by atoms with Crippen molar-refractivity contribution in [1.29, 1.82) is 0 Å². The number of anilines is 2. The van der Waals surface area contributed by atoms with E-state index in [0.717, 1.165) is 5.56 Å². The fourth-order valence-corrected chi connectivity index (χ4v) is 3.79. The van der Waals surface area contributed by atoms with Crippen LogP contribution in [0.15, 0.2) is 42.9 Å². The second-order valence-corrected chi connectivity index (χ2v) is 6.98. The summed E-state index contributed by atoms with van der Waals surface area (Å²) < 4.78 is 15.0. The normalized spacial score (nSPS) is 26.2. The molecule has 0 radical (unpaired) electrons. The van der Waals surface area contributed by atoms with Crippen LogP contribution in [-0.4, -0.2) is 46.2 Å². The highest BCUT2D eigenvalue weighted by molar-refractivity contribution is 5.91. The molecule has 0 aromatic carbocycles. The number of rotatable bonds is 6. The predicted molar refractivity (Wildman–Crippen MR) is 100 cm³/mol. The highest BCUT2D eigenvalue weighted by Crippen LogP contribution is 2.60. The van der Waals surface area contributed by atoms with Gasteiger partial charge in [0, 0.05) is 56.1 Å². The van der Waals surface area contributed by atoms with Gasteiger partial charge in [-0.2, -0.15) is 0 Å². The van der Waals surface area contributed by atoms with Gasteiger partial charge < -0.3 is 16.0 Å². The lowest BCUT2D eigenvalue weighted by molar-refractivity contribution is -0.116. The number of piperidine rings is 1. The van der Waals surface area contributed by atoms with Crippen molar-refractivity contribution in [2.24, 2.45) is 11.8 Å². The third kappa shape index (κ3) is 3.60. The molecule has 4 rings (SSSR count). The molecule has 2 fully saturated rings. The van der Waals surface area contributed by atoms with Gasteiger partial charge in [0.1, 0.15) is 11.5 Å². The lowest BCUT2D eigenvalue weighted by Gasteiger charge is -2.22. The number of alkyl halides is 1. The van der Waals surface area contributed by atoms with Crippen molar-refractivity contribution in [3.63, 3.8) is 0 Å². The zero-order chi connectivity index (χ0) is 18.9. The fourth-order valence-electron chi connectivity index (χ4n) is 3.79. The van der Waals surface area contributed by atoms with E-state index in [0.29, 0.717) is 37.8 Å². The molecular weight excluding hydrogens is 347 g/mol. The molecule has 1 saturated heterocycles. The molecule has 2 atom stereocenters. The molecule has 7 nitrogen and oxygen atoms in total. The monoisotopic (exact) mass is 368 g/mol. The molecule has 27 heavy (non-hydrogen) atoms. The zero-order valence-electron chi connectivity index (χ0n) is 14.8. The predicted octanol–water partition coefficient (Wildman–Crippen LogP) is 1.45. The van der Waals surface area contributed by atoms with Crippen LogP contribution in [0, 0.1) is 11.8 Å². The minimum Gasteiger partial charge on any atom is -0.384 e. The summed E-state index contributed by atoms with van der Waals surface area (Å²) in [5.41, 5.74) is 5.10. The van der Waals surface area contributed by atoms with Gasteiger partial charge in [-0.15, -0.1) is 0 Å². The Kier molecular flexibility index (Phi) is 4.47. The number of pyridine rings is 1. The van der Waals surface area contributed by atoms with E-state index in [9.17, 15) is 9.18 Å². The minimum absolute atomic E-state index is 0.00500. The highest BCUT2D eigenvalue weighted by Gasteiger charge is 2.69. The van der Waals surface area contributed by atoms with Crippen LogP contribution in [0.4, 0.5) is 16.2 Å². The van der Waals surface area contributed by atoms with Crippen LogP contribution in [0.2, 0.25) is 0 Å². The number of halogens is 1. The number of nitrogens with zero attached hydrogens (tertiary/aromatic N) is 4. The Morgan fingerprint density at radius 1 is 1.30 bits per heavy atom. The molecule has 2 aliphatic rings. The summed E-state index contributed by atoms with van der Waals surface area (Å²) in [4.78, 5) is 26.3. The maximum atomic E-state index is 15.0. The number of fused-ring (bicyclic) bond motifs is 1. The lowest BCUT2D eigenvalue weighted by Crippen LogP contribution is -2.33. The van der Waals surface area contributed by atoms with E-state index in [1.807, 2.05) is 4.90 Å². The van der Waals surface area contributed by atoms with E-state index in [-0.39, 0.29) is 17.7 Å². The Labute approximate surface area is 156 Å². The molecule has 1 aliphatic heterocycles. The number of nitrogen functional groups attached to an aromatic ring is 1. The topological polar surface area (TPSA) is 97.0 Å². The van der Waals surface area contributed by atoms with Gasteiger partial charge in [0.05, 0.1) is 0 Å². The molecule has 1 amide bonds. The van der Waals surface area contributed by atoms with Crippen LogP contribution in [0.5, 0.6) is 0 Å². The second-order valence-electron chi connectivity index (χ2n) is 6.98. The van der Waals surface area contributed by atoms with Gasteiger partial charge in [-0.25, -0.2) is 19.3 Å². The van der Waals surface area contributed by atoms with Crippen molar-refractivity contribution in [1.82, 2.24) is 20.3 Å². The first-order valence-electron chi connectivity index (χ1n) is 8.94. The first-order valence-corrected chi connectivity index (χ1v) is 8.94. The minimum atomic E-state index is -1.19. The average molecular weight is 368 g/mol. The van der Waals surface area contributed by atoms with Gasteiger partial charge >= 0.3 is 0 Å². The summed E-state index contributed by atoms with van der Waals surface area (Å²) in [7, 11) is 0. The largest absolute Gasteiger partial charge is 0.384 e. The molecule has 0 spiro atoms. The van der Waals surface area contributed by atoms with E-state index in [4.69, 9.17) is 5.73 Å². The Balaban J connectivity index is 1.21. The number of nitrogens with two attached hydrogens (primary N) is 1. The summed E-state index contributed by atoms with van der Waals surface area (Å²) in [5, 5.41) is 2.74. The number of amides is 1. The highest BCUT2D eigenvalue weighted by atomic mass is 19.1. The maximum absolute atomic E-state index is 15.0. The molecule has 3 heterocycles. The zero-order valence-corrected chi connectivity index (χ0v) is 14.8. The van der Waals surface area contributed by atoms with Crippen LogP contribution in [0.1, 0.15) is 12.0 Å². The number of carbonyl (C=O) groups excluding carboxylic acids is 1. The van der Waals surface area contributed by atoms with Gasteiger partial charge in [0.25, 0.3) is 0 Å². The van der Waals surface area contributed by atoms with Crippen LogP contribution < -0.4 is 16.0 Å². The van der Waals surface area contributed by atoms with Crippen molar-refractivity contribution in [3.8, 4) is 0 Å². The Hall–Kier alpha value is -3.03. The quantitative estimate of drug-likeness (QED) is 0.749. The van der Waals surface area contributed by atoms with E-state index in [2.05, 4.69) is 20.3 Å². The maximum Gasteiger partial charge on any atom is 0.244 e. The molecule has 1 aliphatic carbocycles. The molecule has 0 bridgehead atoms. The molecular formula is C19H21FN6O. The second kappa shape index (κ2) is 6.94. The summed E-state index contributed by atoms with van der Waals surface area (Å²) >= 11 is 0. The third-order valence-corrected chi connectivity index (χ3v) is 5.32. The van der Waals surface area contributed by atoms with Crippen molar-refractivity contribution < 1.29 is 9.18 Å². The van der Waals surface area contributed by atoms with Crippen LogP contribution >= 0.6 is 0 Å². The van der Waals surface area contributed by atoms with Gasteiger partial charge in [0.15, 0.2) is 0 Å². The van der Waals surface area contributed by atoms with E-state index >= 15 is 0 Å². The number of hydrogen-bond acceptors (Lipinski definition) is 6. The SMILES string of the molecule is Nc1ccc(/C=C/C(=O)NCCC2(F)C3CN(c4ncccn4)CC32)cn1. The number of nitrogens with one attached hydrogen (secondary N) is 1. The van der Waals surface area contributed by atoms with Crippen molar-refractivity contribution in [2.75, 3.05) is 30.3 Å². The molecule has 2 unspecified atom stereocenters. The number of hydrogen-bond donors (Lipinski definition) is 2. The van der Waals surface area contributed by atoms with Crippen molar-refractivity contribution in [2.45, 2.75) is 12.1 Å². The molecule has 8 heteroatoms. The summed E-state index contributed by atoms with van der Waals surface area (Å²) in [6.07, 6.45) is 8.37. The van der Waals surface area contributed by atoms with Crippen LogP contribution in [0.3, 0.4) is 0 Å². The summed E-state index contributed by atoms with van der Waals surface area (Å²) in [6.45, 7) is 1.57. The Morgan fingerprint density at radius 2 is 2.04 bits per heavy atom. The molecule has 1 saturated carbocycles. The van der Waals surface area contributed by atoms with Crippen LogP contribution in [-0.2, 0) is 4.79 Å². The Morgan fingerprint density at radius 3 is 2.70 bits per heavy atom. The molecule has 2 aromatic heterocycles. The van der Waals surface area contributed by atoms with E-state index < -0.39 is 5.67 Å². The fraction of sp³-hybridized carbons (Fsp3) is 0.368. The van der Waals surface area contributed by atoms with Crippen molar-refractivity contribution >= 4 is 23.7 Å². The third-order valence-electron chi connectivity index (χ3n) is 5.32. The first kappa shape index (κ1) is 17.4. The van der Waals surface area contributed by atoms with E-state index in [1.165, 1.54) is 6.08 Å². The van der Waals surface area contributed by atoms with Crippen LogP contribution in [0.25, 0.3) is 6.08 Å². The first-order chi connectivity index (χ1) is 13.1. The van der Waals surface area contributed by atoms with Gasteiger partial charge in [0.2, 0.25) is 11.9 Å². The smallest absolute Gasteiger partial charge is 0.244 e. The van der Waals surface area contributed by atoms with Gasteiger partial charge in [-0.3, -0.25) is 4.79 Å². The number of carbonyl (C=O) groups is 1. The van der Waals surface area contributed by atoms with E-state index in [1.54, 1.807) is 42.9 Å². The molecule has 3 N–H and O–H groups in total. The number of aromatic nitrogens is 3. The average Bonchev–Trinajstić information content (AvgIpc) is 3.03. The van der Waals surface area contributed by atoms with Gasteiger partial charge in [-0.05, 0) is 36.3 Å². The Bertz CT molecular complexity index is 829. The summed E-state index contributed by atoms with van der Waals surface area (Å²) in [5.74, 6) is 0.824. The summed E-state index contributed by atoms with van der Waals surface area (Å²) in [6, 6.07) is 5.21. The van der Waals surface area contributed by atoms with Gasteiger partial charge in [-0.1, -0.05) is 0 Å². The molecule has 2 aromatic rings. The van der Waals surface area contributed by atoms with Crippen molar-refractivity contribution in [3.05, 3.63) is 48.4 Å². The molecule has 140 valence electrons. The standard InChI is InChI=1S/C19H21FN6O/c20-19(14-11-26(12-15(14)19)18-23-7-1-8-24-18)6-9-22-17(27)5-3-13-2-4-16(21)25-10-13/h1-5,7-8,10,14-15H,6,9,11-12H2,(H2,21,25)(H,22,27)/b5-3+.